The average molecular weight is 431 g/mol. The lowest BCUT2D eigenvalue weighted by molar-refractivity contribution is 0.418. The van der Waals surface area contributed by atoms with E-state index in [2.05, 4.69) is 25.9 Å². The van der Waals surface area contributed by atoms with Crippen LogP contribution in [0.2, 0.25) is 0 Å². The van der Waals surface area contributed by atoms with E-state index in [1.165, 1.54) is 6.07 Å². The van der Waals surface area contributed by atoms with Gasteiger partial charge in [-0.25, -0.2) is 19.3 Å². The Morgan fingerprint density at radius 1 is 1.16 bits per heavy atom. The fraction of sp³-hybridized carbons (Fsp3) is 0.217. The topological polar surface area (TPSA) is 96.9 Å². The normalized spacial score (nSPS) is 15.6. The number of rotatable bonds is 6. The van der Waals surface area contributed by atoms with Crippen LogP contribution in [0.25, 0.3) is 22.3 Å². The molecule has 3 N–H and O–H groups in total. The van der Waals surface area contributed by atoms with Gasteiger partial charge in [-0.1, -0.05) is 12.1 Å². The maximum atomic E-state index is 14.0. The molecule has 32 heavy (non-hydrogen) atoms. The number of nitrogens with zero attached hydrogens (tertiary/aromatic N) is 4. The third-order valence-electron chi connectivity index (χ3n) is 5.35. The Hall–Kier alpha value is -3.85. The molecule has 0 unspecified atom stereocenters. The van der Waals surface area contributed by atoms with Crippen molar-refractivity contribution in [3.8, 4) is 17.1 Å². The summed E-state index contributed by atoms with van der Waals surface area (Å²) in [5, 5.41) is 10.7. The maximum Gasteiger partial charge on any atom is 0.162 e. The van der Waals surface area contributed by atoms with Crippen molar-refractivity contribution in [2.45, 2.75) is 12.5 Å². The van der Waals surface area contributed by atoms with Crippen LogP contribution >= 0.6 is 0 Å². The van der Waals surface area contributed by atoms with Crippen LogP contribution in [0.4, 0.5) is 21.7 Å². The predicted molar refractivity (Wildman–Crippen MR) is 122 cm³/mol. The van der Waals surface area contributed by atoms with Crippen molar-refractivity contribution in [1.82, 2.24) is 25.3 Å². The Balaban J connectivity index is 1.56. The van der Waals surface area contributed by atoms with Crippen LogP contribution < -0.4 is 20.7 Å². The number of benzene rings is 1. The standard InChI is InChI=1S/C23H22FN7O/c1-32-19-13-26-12-18-21(19)23(28-15-7-8-25-11-15)31-22(30-18)14-6-9-27-20(10-14)29-17-5-3-2-4-16(17)24/h2-6,9-10,12-13,15,25H,7-8,11H2,1H3,(H,27,29)(H,28,30,31)/t15-/m1/s1. The van der Waals surface area contributed by atoms with Crippen LogP contribution in [-0.2, 0) is 0 Å². The second-order valence-corrected chi connectivity index (χ2v) is 7.50. The van der Waals surface area contributed by atoms with Crippen molar-refractivity contribution < 1.29 is 9.13 Å². The minimum atomic E-state index is -0.350. The van der Waals surface area contributed by atoms with Crippen molar-refractivity contribution >= 4 is 28.2 Å². The first-order chi connectivity index (χ1) is 15.7. The monoisotopic (exact) mass is 431 g/mol. The average Bonchev–Trinajstić information content (AvgIpc) is 3.33. The highest BCUT2D eigenvalue weighted by atomic mass is 19.1. The van der Waals surface area contributed by atoms with Gasteiger partial charge in [0.15, 0.2) is 5.82 Å². The van der Waals surface area contributed by atoms with Gasteiger partial charge >= 0.3 is 0 Å². The number of para-hydroxylation sites is 1. The van der Waals surface area contributed by atoms with E-state index in [-0.39, 0.29) is 11.9 Å². The van der Waals surface area contributed by atoms with Gasteiger partial charge in [-0.2, -0.15) is 0 Å². The fourth-order valence-corrected chi connectivity index (χ4v) is 3.75. The quantitative estimate of drug-likeness (QED) is 0.425. The molecular weight excluding hydrogens is 409 g/mol. The number of hydrogen-bond donors (Lipinski definition) is 3. The Morgan fingerprint density at radius 3 is 2.88 bits per heavy atom. The van der Waals surface area contributed by atoms with Gasteiger partial charge in [0.2, 0.25) is 0 Å². The number of aromatic nitrogens is 4. The lowest BCUT2D eigenvalue weighted by Gasteiger charge is -2.16. The van der Waals surface area contributed by atoms with Gasteiger partial charge in [0, 0.05) is 24.3 Å². The minimum Gasteiger partial charge on any atom is -0.494 e. The van der Waals surface area contributed by atoms with Crippen molar-refractivity contribution in [2.24, 2.45) is 0 Å². The zero-order chi connectivity index (χ0) is 21.9. The van der Waals surface area contributed by atoms with E-state index < -0.39 is 0 Å². The Bertz CT molecular complexity index is 1260. The first-order valence-corrected chi connectivity index (χ1v) is 10.4. The zero-order valence-electron chi connectivity index (χ0n) is 17.5. The van der Waals surface area contributed by atoms with Crippen molar-refractivity contribution in [3.05, 3.63) is 60.8 Å². The summed E-state index contributed by atoms with van der Waals surface area (Å²) in [7, 11) is 1.61. The van der Waals surface area contributed by atoms with Gasteiger partial charge in [0.25, 0.3) is 0 Å². The SMILES string of the molecule is COc1cncc2nc(-c3ccnc(Nc4ccccc4F)c3)nc(N[C@@H]3CCNC3)c12. The molecule has 0 bridgehead atoms. The molecule has 1 atom stereocenters. The van der Waals surface area contributed by atoms with Gasteiger partial charge in [-0.3, -0.25) is 4.98 Å². The van der Waals surface area contributed by atoms with Crippen LogP contribution in [0, 0.1) is 5.82 Å². The van der Waals surface area contributed by atoms with E-state index >= 15 is 0 Å². The highest BCUT2D eigenvalue weighted by Gasteiger charge is 2.20. The predicted octanol–water partition coefficient (Wildman–Crippen LogP) is 3.75. The highest BCUT2D eigenvalue weighted by molar-refractivity contribution is 5.95. The first-order valence-electron chi connectivity index (χ1n) is 10.4. The summed E-state index contributed by atoms with van der Waals surface area (Å²) in [6.45, 7) is 1.82. The number of halogens is 1. The summed E-state index contributed by atoms with van der Waals surface area (Å²) in [6.07, 6.45) is 6.00. The second-order valence-electron chi connectivity index (χ2n) is 7.50. The number of anilines is 3. The van der Waals surface area contributed by atoms with Crippen molar-refractivity contribution in [2.75, 3.05) is 30.8 Å². The number of nitrogens with one attached hydrogen (secondary N) is 3. The van der Waals surface area contributed by atoms with E-state index in [1.54, 1.807) is 50.0 Å². The number of ether oxygens (including phenoxy) is 1. The number of methoxy groups -OCH3 is 1. The lowest BCUT2D eigenvalue weighted by Crippen LogP contribution is -2.23. The van der Waals surface area contributed by atoms with Crippen molar-refractivity contribution in [1.29, 1.82) is 0 Å². The largest absolute Gasteiger partial charge is 0.494 e. The van der Waals surface area contributed by atoms with Gasteiger partial charge in [-0.15, -0.1) is 0 Å². The van der Waals surface area contributed by atoms with Crippen LogP contribution in [0.1, 0.15) is 6.42 Å². The smallest absolute Gasteiger partial charge is 0.162 e. The minimum absolute atomic E-state index is 0.259. The number of hydrogen-bond acceptors (Lipinski definition) is 8. The molecule has 162 valence electrons. The van der Waals surface area contributed by atoms with Crippen molar-refractivity contribution in [3.63, 3.8) is 0 Å². The molecule has 0 amide bonds. The lowest BCUT2D eigenvalue weighted by atomic mass is 10.2. The van der Waals surface area contributed by atoms with Gasteiger partial charge in [-0.05, 0) is 37.2 Å². The highest BCUT2D eigenvalue weighted by Crippen LogP contribution is 2.32. The molecule has 5 rings (SSSR count). The molecule has 3 aromatic heterocycles. The van der Waals surface area contributed by atoms with Crippen LogP contribution in [0.3, 0.4) is 0 Å². The summed E-state index contributed by atoms with van der Waals surface area (Å²) < 4.78 is 19.6. The van der Waals surface area contributed by atoms with Gasteiger partial charge in [0.1, 0.15) is 23.2 Å². The molecule has 0 aliphatic carbocycles. The molecular formula is C23H22FN7O. The van der Waals surface area contributed by atoms with Gasteiger partial charge < -0.3 is 20.7 Å². The third kappa shape index (κ3) is 4.02. The summed E-state index contributed by atoms with van der Waals surface area (Å²) in [5.74, 6) is 1.96. The second kappa shape index (κ2) is 8.72. The Morgan fingerprint density at radius 2 is 2.06 bits per heavy atom. The molecule has 0 spiro atoms. The molecule has 4 aromatic rings. The Labute approximate surface area is 184 Å². The molecule has 1 aliphatic heterocycles. The number of fused-ring (bicyclic) bond motifs is 1. The van der Waals surface area contributed by atoms with Crippen LogP contribution in [-0.4, -0.2) is 46.2 Å². The molecule has 9 heteroatoms. The summed E-state index contributed by atoms with van der Waals surface area (Å²) >= 11 is 0. The molecule has 8 nitrogen and oxygen atoms in total. The fourth-order valence-electron chi connectivity index (χ4n) is 3.75. The van der Waals surface area contributed by atoms with E-state index in [9.17, 15) is 4.39 Å². The molecule has 1 fully saturated rings. The van der Waals surface area contributed by atoms with Gasteiger partial charge in [0.05, 0.1) is 36.1 Å². The molecule has 1 aliphatic rings. The molecule has 0 radical (unpaired) electrons. The van der Waals surface area contributed by atoms with Crippen LogP contribution in [0.5, 0.6) is 5.75 Å². The maximum absolute atomic E-state index is 14.0. The molecule has 4 heterocycles. The van der Waals surface area contributed by atoms with E-state index in [0.717, 1.165) is 30.5 Å². The third-order valence-corrected chi connectivity index (χ3v) is 5.35. The Kier molecular flexibility index (Phi) is 5.47. The van der Waals surface area contributed by atoms with E-state index in [1.807, 2.05) is 6.07 Å². The first kappa shape index (κ1) is 20.1. The van der Waals surface area contributed by atoms with Crippen LogP contribution in [0.15, 0.2) is 55.0 Å². The summed E-state index contributed by atoms with van der Waals surface area (Å²) in [6, 6.07) is 10.3. The molecule has 1 aromatic carbocycles. The van der Waals surface area contributed by atoms with E-state index in [0.29, 0.717) is 34.4 Å². The molecule has 0 saturated carbocycles. The summed E-state index contributed by atoms with van der Waals surface area (Å²) in [5.41, 5.74) is 1.76. The van der Waals surface area contributed by atoms with E-state index in [4.69, 9.17) is 14.7 Å². The number of pyridine rings is 2. The zero-order valence-corrected chi connectivity index (χ0v) is 17.5. The summed E-state index contributed by atoms with van der Waals surface area (Å²) in [4.78, 5) is 18.1. The molecule has 1 saturated heterocycles.